The lowest BCUT2D eigenvalue weighted by Gasteiger charge is -2.10. The number of aryl methyl sites for hydroxylation is 1. The van der Waals surface area contributed by atoms with E-state index >= 15 is 0 Å². The Morgan fingerprint density at radius 3 is 2.47 bits per heavy atom. The second-order valence-electron chi connectivity index (χ2n) is 3.93. The number of hydrogen-bond acceptors (Lipinski definition) is 1. The molecule has 0 heterocycles. The summed E-state index contributed by atoms with van der Waals surface area (Å²) in [5.74, 6) is 0. The summed E-state index contributed by atoms with van der Waals surface area (Å²) in [5, 5.41) is 3.42. The van der Waals surface area contributed by atoms with Crippen LogP contribution >= 0.6 is 31.9 Å². The zero-order valence-electron chi connectivity index (χ0n) is 9.50. The van der Waals surface area contributed by atoms with Crippen molar-refractivity contribution in [1.82, 2.24) is 0 Å². The first kappa shape index (κ1) is 12.7. The second-order valence-corrected chi connectivity index (χ2v) is 5.64. The van der Waals surface area contributed by atoms with Gasteiger partial charge < -0.3 is 5.32 Å². The van der Waals surface area contributed by atoms with Crippen molar-refractivity contribution in [1.29, 1.82) is 0 Å². The first-order valence-corrected chi connectivity index (χ1v) is 6.99. The molecule has 0 fully saturated rings. The average molecular weight is 355 g/mol. The molecular weight excluding hydrogens is 342 g/mol. The molecule has 0 amide bonds. The van der Waals surface area contributed by atoms with Crippen LogP contribution in [0.5, 0.6) is 0 Å². The average Bonchev–Trinajstić information content (AvgIpc) is 2.30. The molecular formula is C14H13Br2N. The molecule has 0 spiro atoms. The zero-order valence-corrected chi connectivity index (χ0v) is 12.7. The number of anilines is 1. The molecule has 3 heteroatoms. The van der Waals surface area contributed by atoms with Gasteiger partial charge in [0.1, 0.15) is 0 Å². The summed E-state index contributed by atoms with van der Waals surface area (Å²) in [6, 6.07) is 14.5. The predicted octanol–water partition coefficient (Wildman–Crippen LogP) is 5.13. The molecule has 1 N–H and O–H groups in total. The highest BCUT2D eigenvalue weighted by Gasteiger charge is 2.01. The fraction of sp³-hybridized carbons (Fsp3) is 0.143. The van der Waals surface area contributed by atoms with Gasteiger partial charge in [-0.15, -0.1) is 0 Å². The minimum Gasteiger partial charge on any atom is -0.380 e. The van der Waals surface area contributed by atoms with Gasteiger partial charge in [-0.25, -0.2) is 0 Å². The van der Waals surface area contributed by atoms with E-state index in [9.17, 15) is 0 Å². The van der Waals surface area contributed by atoms with Crippen molar-refractivity contribution >= 4 is 37.5 Å². The minimum absolute atomic E-state index is 0.809. The van der Waals surface area contributed by atoms with Gasteiger partial charge in [0.15, 0.2) is 0 Å². The van der Waals surface area contributed by atoms with Gasteiger partial charge >= 0.3 is 0 Å². The van der Waals surface area contributed by atoms with Crippen LogP contribution in [0.4, 0.5) is 5.69 Å². The number of hydrogen-bond donors (Lipinski definition) is 1. The van der Waals surface area contributed by atoms with Gasteiger partial charge in [0.25, 0.3) is 0 Å². The molecule has 2 aromatic rings. The fourth-order valence-electron chi connectivity index (χ4n) is 1.60. The summed E-state index contributed by atoms with van der Waals surface area (Å²) in [4.78, 5) is 0. The molecule has 1 nitrogen and oxygen atoms in total. The number of nitrogens with one attached hydrogen (secondary N) is 1. The van der Waals surface area contributed by atoms with Crippen LogP contribution in [-0.2, 0) is 6.54 Å². The largest absolute Gasteiger partial charge is 0.380 e. The maximum absolute atomic E-state index is 3.56. The lowest BCUT2D eigenvalue weighted by molar-refractivity contribution is 1.13. The van der Waals surface area contributed by atoms with Crippen molar-refractivity contribution in [3.63, 3.8) is 0 Å². The predicted molar refractivity (Wildman–Crippen MR) is 80.3 cm³/mol. The van der Waals surface area contributed by atoms with E-state index in [0.717, 1.165) is 21.2 Å². The van der Waals surface area contributed by atoms with Crippen LogP contribution in [0.1, 0.15) is 11.1 Å². The van der Waals surface area contributed by atoms with Crippen LogP contribution in [0, 0.1) is 6.92 Å². The van der Waals surface area contributed by atoms with Crippen molar-refractivity contribution in [2.45, 2.75) is 13.5 Å². The maximum Gasteiger partial charge on any atom is 0.0487 e. The maximum atomic E-state index is 3.56. The normalized spacial score (nSPS) is 10.3. The van der Waals surface area contributed by atoms with E-state index in [1.165, 1.54) is 11.1 Å². The van der Waals surface area contributed by atoms with Gasteiger partial charge in [-0.2, -0.15) is 0 Å². The second kappa shape index (κ2) is 5.69. The third-order valence-electron chi connectivity index (χ3n) is 2.55. The first-order valence-electron chi connectivity index (χ1n) is 5.40. The molecule has 2 rings (SSSR count). The standard InChI is InChI=1S/C14H13Br2N/c1-10-6-7-14(13(16)8-10)17-9-11-4-2-3-5-12(11)15/h2-8,17H,9H2,1H3. The van der Waals surface area contributed by atoms with Gasteiger partial charge in [0.2, 0.25) is 0 Å². The Labute approximate surface area is 119 Å². The summed E-state index contributed by atoms with van der Waals surface area (Å²) in [6.45, 7) is 2.89. The highest BCUT2D eigenvalue weighted by atomic mass is 79.9. The van der Waals surface area contributed by atoms with E-state index < -0.39 is 0 Å². The summed E-state index contributed by atoms with van der Waals surface area (Å²) in [7, 11) is 0. The van der Waals surface area contributed by atoms with E-state index in [1.807, 2.05) is 12.1 Å². The minimum atomic E-state index is 0.809. The van der Waals surface area contributed by atoms with E-state index in [4.69, 9.17) is 0 Å². The van der Waals surface area contributed by atoms with Gasteiger partial charge in [-0.1, -0.05) is 40.2 Å². The molecule has 0 unspecified atom stereocenters. The summed E-state index contributed by atoms with van der Waals surface area (Å²) < 4.78 is 2.24. The van der Waals surface area contributed by atoms with Gasteiger partial charge in [-0.3, -0.25) is 0 Å². The fourth-order valence-corrected chi connectivity index (χ4v) is 2.65. The molecule has 88 valence electrons. The van der Waals surface area contributed by atoms with Crippen LogP contribution in [0.25, 0.3) is 0 Å². The topological polar surface area (TPSA) is 12.0 Å². The van der Waals surface area contributed by atoms with Crippen LogP contribution in [-0.4, -0.2) is 0 Å². The van der Waals surface area contributed by atoms with Crippen LogP contribution in [0.2, 0.25) is 0 Å². The summed E-state index contributed by atoms with van der Waals surface area (Å²) in [5.41, 5.74) is 3.62. The third-order valence-corrected chi connectivity index (χ3v) is 3.98. The molecule has 0 radical (unpaired) electrons. The monoisotopic (exact) mass is 353 g/mol. The van der Waals surface area contributed by atoms with Crippen molar-refractivity contribution in [3.8, 4) is 0 Å². The lowest BCUT2D eigenvalue weighted by atomic mass is 10.2. The molecule has 0 saturated carbocycles. The smallest absolute Gasteiger partial charge is 0.0487 e. The van der Waals surface area contributed by atoms with Crippen LogP contribution < -0.4 is 5.32 Å². The Kier molecular flexibility index (Phi) is 4.24. The summed E-state index contributed by atoms with van der Waals surface area (Å²) >= 11 is 7.11. The van der Waals surface area contributed by atoms with Crippen molar-refractivity contribution in [3.05, 3.63) is 62.5 Å². The Hall–Kier alpha value is -0.800. The molecule has 0 bridgehead atoms. The SMILES string of the molecule is Cc1ccc(NCc2ccccc2Br)c(Br)c1. The van der Waals surface area contributed by atoms with E-state index in [2.05, 4.69) is 74.4 Å². The Bertz CT molecular complexity index is 523. The summed E-state index contributed by atoms with van der Waals surface area (Å²) in [6.07, 6.45) is 0. The molecule has 0 saturated heterocycles. The van der Waals surface area contributed by atoms with Crippen molar-refractivity contribution in [2.24, 2.45) is 0 Å². The number of benzene rings is 2. The van der Waals surface area contributed by atoms with Gasteiger partial charge in [-0.05, 0) is 52.2 Å². The van der Waals surface area contributed by atoms with Crippen molar-refractivity contribution in [2.75, 3.05) is 5.32 Å². The highest BCUT2D eigenvalue weighted by molar-refractivity contribution is 9.10. The van der Waals surface area contributed by atoms with Gasteiger partial charge in [0.05, 0.1) is 0 Å². The van der Waals surface area contributed by atoms with Crippen LogP contribution in [0.3, 0.4) is 0 Å². The van der Waals surface area contributed by atoms with Crippen LogP contribution in [0.15, 0.2) is 51.4 Å². The van der Waals surface area contributed by atoms with E-state index in [0.29, 0.717) is 0 Å². The number of halogens is 2. The Balaban J connectivity index is 2.10. The lowest BCUT2D eigenvalue weighted by Crippen LogP contribution is -2.00. The molecule has 0 aliphatic carbocycles. The Morgan fingerprint density at radius 2 is 1.76 bits per heavy atom. The molecule has 2 aromatic carbocycles. The first-order chi connectivity index (χ1) is 8.16. The number of rotatable bonds is 3. The molecule has 0 atom stereocenters. The molecule has 17 heavy (non-hydrogen) atoms. The van der Waals surface area contributed by atoms with E-state index in [1.54, 1.807) is 0 Å². The highest BCUT2D eigenvalue weighted by Crippen LogP contribution is 2.25. The molecule has 0 aromatic heterocycles. The zero-order chi connectivity index (χ0) is 12.3. The molecule has 0 aliphatic heterocycles. The molecule has 0 aliphatic rings. The third kappa shape index (κ3) is 3.33. The quantitative estimate of drug-likeness (QED) is 0.805. The van der Waals surface area contributed by atoms with Gasteiger partial charge in [0, 0.05) is 21.2 Å². The van der Waals surface area contributed by atoms with Crippen molar-refractivity contribution < 1.29 is 0 Å². The van der Waals surface area contributed by atoms with E-state index in [-0.39, 0.29) is 0 Å². The Morgan fingerprint density at radius 1 is 1.00 bits per heavy atom.